The van der Waals surface area contributed by atoms with E-state index in [1.807, 2.05) is 44.2 Å². The second-order valence-electron chi connectivity index (χ2n) is 7.60. The molecule has 0 saturated heterocycles. The number of rotatable bonds is 9. The molecule has 0 radical (unpaired) electrons. The van der Waals surface area contributed by atoms with Gasteiger partial charge in [0.2, 0.25) is 0 Å². The fourth-order valence-corrected chi connectivity index (χ4v) is 4.25. The van der Waals surface area contributed by atoms with Crippen LogP contribution in [0.5, 0.6) is 0 Å². The zero-order chi connectivity index (χ0) is 22.5. The second-order valence-corrected chi connectivity index (χ2v) is 8.67. The number of carbonyl (C=O) groups is 2. The molecule has 0 aliphatic rings. The standard InChI is InChI=1S/C24H29ClO4S/c1-6-29-22(27)24(30,19-14-16(2)17(3)15-20(19)25)21(26)23(4,28-5)13-12-18-10-8-7-9-11-18/h7-11,14-15,30H,6,12-13H2,1-5H3. The zero-order valence-electron chi connectivity index (χ0n) is 18.1. The highest BCUT2D eigenvalue weighted by Crippen LogP contribution is 2.42. The van der Waals surface area contributed by atoms with E-state index in [9.17, 15) is 9.59 Å². The number of aryl methyl sites for hydroxylation is 3. The number of ketones is 1. The number of halogens is 1. The summed E-state index contributed by atoms with van der Waals surface area (Å²) in [4.78, 5) is 26.9. The van der Waals surface area contributed by atoms with Gasteiger partial charge >= 0.3 is 5.97 Å². The normalized spacial score (nSPS) is 15.2. The Kier molecular flexibility index (Phi) is 8.14. The molecular weight excluding hydrogens is 420 g/mol. The minimum atomic E-state index is -1.90. The van der Waals surface area contributed by atoms with Gasteiger partial charge in [-0.3, -0.25) is 4.79 Å². The average molecular weight is 449 g/mol. The number of hydrogen-bond acceptors (Lipinski definition) is 5. The van der Waals surface area contributed by atoms with E-state index in [1.54, 1.807) is 26.0 Å². The molecule has 2 rings (SSSR count). The first-order valence-electron chi connectivity index (χ1n) is 9.91. The fourth-order valence-electron chi connectivity index (χ4n) is 3.34. The zero-order valence-corrected chi connectivity index (χ0v) is 19.8. The highest BCUT2D eigenvalue weighted by atomic mass is 35.5. The molecule has 2 unspecified atom stereocenters. The van der Waals surface area contributed by atoms with Crippen molar-refractivity contribution in [3.8, 4) is 0 Å². The number of carbonyl (C=O) groups excluding carboxylic acids is 2. The van der Waals surface area contributed by atoms with Gasteiger partial charge in [-0.1, -0.05) is 48.0 Å². The van der Waals surface area contributed by atoms with Gasteiger partial charge in [0.1, 0.15) is 5.60 Å². The number of benzene rings is 2. The first kappa shape index (κ1) is 24.4. The molecule has 0 heterocycles. The smallest absolute Gasteiger partial charge is 0.334 e. The minimum absolute atomic E-state index is 0.116. The molecule has 2 aromatic carbocycles. The Balaban J connectivity index is 2.52. The molecule has 0 aliphatic heterocycles. The van der Waals surface area contributed by atoms with E-state index >= 15 is 0 Å². The van der Waals surface area contributed by atoms with Crippen LogP contribution in [0, 0.1) is 13.8 Å². The molecule has 30 heavy (non-hydrogen) atoms. The molecule has 0 saturated carbocycles. The van der Waals surface area contributed by atoms with Gasteiger partial charge in [-0.2, -0.15) is 0 Å². The van der Waals surface area contributed by atoms with Crippen LogP contribution in [0.25, 0.3) is 0 Å². The number of methoxy groups -OCH3 is 1. The van der Waals surface area contributed by atoms with E-state index in [-0.39, 0.29) is 11.6 Å². The van der Waals surface area contributed by atoms with Crippen molar-refractivity contribution in [1.82, 2.24) is 0 Å². The summed E-state index contributed by atoms with van der Waals surface area (Å²) in [5.41, 5.74) is 1.95. The molecule has 0 N–H and O–H groups in total. The van der Waals surface area contributed by atoms with Crippen LogP contribution in [-0.2, 0) is 30.2 Å². The summed E-state index contributed by atoms with van der Waals surface area (Å²) in [7, 11) is 1.46. The summed E-state index contributed by atoms with van der Waals surface area (Å²) < 4.78 is 9.03. The Morgan fingerprint density at radius 2 is 1.70 bits per heavy atom. The van der Waals surface area contributed by atoms with E-state index in [0.717, 1.165) is 16.7 Å². The molecule has 0 aromatic heterocycles. The van der Waals surface area contributed by atoms with Crippen molar-refractivity contribution in [1.29, 1.82) is 0 Å². The van der Waals surface area contributed by atoms with Crippen LogP contribution in [0.2, 0.25) is 5.02 Å². The van der Waals surface area contributed by atoms with Crippen molar-refractivity contribution in [2.45, 2.75) is 50.9 Å². The summed E-state index contributed by atoms with van der Waals surface area (Å²) in [6, 6.07) is 13.3. The molecule has 2 aromatic rings. The largest absolute Gasteiger partial charge is 0.464 e. The maximum Gasteiger partial charge on any atom is 0.334 e. The fraction of sp³-hybridized carbons (Fsp3) is 0.417. The predicted octanol–water partition coefficient (Wildman–Crippen LogP) is 5.25. The van der Waals surface area contributed by atoms with Gasteiger partial charge in [-0.25, -0.2) is 4.79 Å². The summed E-state index contributed by atoms with van der Waals surface area (Å²) in [6.45, 7) is 7.28. The molecule has 2 atom stereocenters. The number of esters is 1. The lowest BCUT2D eigenvalue weighted by Gasteiger charge is -2.36. The van der Waals surface area contributed by atoms with Gasteiger partial charge in [0.15, 0.2) is 10.5 Å². The highest BCUT2D eigenvalue weighted by Gasteiger charge is 2.54. The number of thiol groups is 1. The first-order chi connectivity index (χ1) is 14.1. The highest BCUT2D eigenvalue weighted by molar-refractivity contribution is 7.83. The lowest BCUT2D eigenvalue weighted by atomic mass is 9.80. The molecule has 0 amide bonds. The van der Waals surface area contributed by atoms with Gasteiger partial charge in [0.05, 0.1) is 6.61 Å². The Morgan fingerprint density at radius 3 is 2.27 bits per heavy atom. The van der Waals surface area contributed by atoms with Crippen LogP contribution in [0.1, 0.15) is 42.5 Å². The van der Waals surface area contributed by atoms with E-state index < -0.39 is 22.1 Å². The summed E-state index contributed by atoms with van der Waals surface area (Å²) in [6.07, 6.45) is 0.973. The van der Waals surface area contributed by atoms with Crippen LogP contribution < -0.4 is 0 Å². The summed E-state index contributed by atoms with van der Waals surface area (Å²) >= 11 is 11.1. The second kappa shape index (κ2) is 9.99. The van der Waals surface area contributed by atoms with Crippen LogP contribution in [0.4, 0.5) is 0 Å². The third-order valence-corrected chi connectivity index (χ3v) is 6.48. The third kappa shape index (κ3) is 4.90. The van der Waals surface area contributed by atoms with Gasteiger partial charge < -0.3 is 9.47 Å². The number of ether oxygens (including phenoxy) is 2. The average Bonchev–Trinajstić information content (AvgIpc) is 2.74. The molecule has 6 heteroatoms. The molecule has 0 aliphatic carbocycles. The van der Waals surface area contributed by atoms with Crippen molar-refractivity contribution in [3.05, 3.63) is 69.7 Å². The van der Waals surface area contributed by atoms with Crippen LogP contribution in [-0.4, -0.2) is 31.1 Å². The number of hydrogen-bond donors (Lipinski definition) is 1. The topological polar surface area (TPSA) is 52.6 Å². The molecule has 0 fully saturated rings. The monoisotopic (exact) mass is 448 g/mol. The third-order valence-electron chi connectivity index (χ3n) is 5.54. The van der Waals surface area contributed by atoms with E-state index in [4.69, 9.17) is 21.1 Å². The van der Waals surface area contributed by atoms with Crippen molar-refractivity contribution in [2.24, 2.45) is 0 Å². The van der Waals surface area contributed by atoms with Crippen LogP contribution in [0.15, 0.2) is 42.5 Å². The Labute approximate surface area is 189 Å². The van der Waals surface area contributed by atoms with E-state index in [1.165, 1.54) is 7.11 Å². The van der Waals surface area contributed by atoms with Gasteiger partial charge in [0.25, 0.3) is 0 Å². The molecule has 0 spiro atoms. The van der Waals surface area contributed by atoms with Crippen molar-refractivity contribution in [3.63, 3.8) is 0 Å². The van der Waals surface area contributed by atoms with Gasteiger partial charge in [-0.05, 0) is 63.3 Å². The summed E-state index contributed by atoms with van der Waals surface area (Å²) in [5, 5.41) is 0.288. The Bertz CT molecular complexity index is 915. The molecule has 4 nitrogen and oxygen atoms in total. The SMILES string of the molecule is CCOC(=O)C(S)(C(=O)C(C)(CCc1ccccc1)OC)c1cc(C)c(C)cc1Cl. The van der Waals surface area contributed by atoms with Gasteiger partial charge in [-0.15, -0.1) is 12.6 Å². The van der Waals surface area contributed by atoms with E-state index in [2.05, 4.69) is 12.6 Å². The molecule has 0 bridgehead atoms. The maximum atomic E-state index is 13.8. The van der Waals surface area contributed by atoms with Crippen LogP contribution in [0.3, 0.4) is 0 Å². The quantitative estimate of drug-likeness (QED) is 0.323. The summed E-state index contributed by atoms with van der Waals surface area (Å²) in [5.74, 6) is -1.26. The molecular formula is C24H29ClO4S. The minimum Gasteiger partial charge on any atom is -0.464 e. The van der Waals surface area contributed by atoms with Crippen molar-refractivity contribution < 1.29 is 19.1 Å². The Hall–Kier alpha value is -1.82. The predicted molar refractivity (Wildman–Crippen MR) is 123 cm³/mol. The lowest BCUT2D eigenvalue weighted by molar-refractivity contribution is -0.156. The first-order valence-corrected chi connectivity index (χ1v) is 10.7. The van der Waals surface area contributed by atoms with Crippen molar-refractivity contribution >= 4 is 36.0 Å². The van der Waals surface area contributed by atoms with Crippen LogP contribution >= 0.6 is 24.2 Å². The Morgan fingerprint density at radius 1 is 1.10 bits per heavy atom. The maximum absolute atomic E-state index is 13.8. The number of Topliss-reactive ketones (excluding diaryl/α,β-unsaturated/α-hetero) is 1. The molecule has 162 valence electrons. The van der Waals surface area contributed by atoms with E-state index in [0.29, 0.717) is 18.4 Å². The lowest BCUT2D eigenvalue weighted by Crippen LogP contribution is -2.52. The van der Waals surface area contributed by atoms with Gasteiger partial charge in [0, 0.05) is 17.7 Å². The van der Waals surface area contributed by atoms with Crippen molar-refractivity contribution in [2.75, 3.05) is 13.7 Å².